The molecule has 0 saturated heterocycles. The second-order valence-corrected chi connectivity index (χ2v) is 5.88. The van der Waals surface area contributed by atoms with E-state index in [-0.39, 0.29) is 6.04 Å². The summed E-state index contributed by atoms with van der Waals surface area (Å²) in [5.41, 5.74) is 7.32. The van der Waals surface area contributed by atoms with Crippen LogP contribution in [0.25, 0.3) is 0 Å². The van der Waals surface area contributed by atoms with Crippen LogP contribution in [0, 0.1) is 0 Å². The number of thiophene rings is 1. The predicted molar refractivity (Wildman–Crippen MR) is 73.5 cm³/mol. The third-order valence-corrected chi connectivity index (χ3v) is 4.53. The van der Waals surface area contributed by atoms with Crippen molar-refractivity contribution in [3.8, 4) is 0 Å². The highest BCUT2D eigenvalue weighted by molar-refractivity contribution is 7.09. The highest BCUT2D eigenvalue weighted by Gasteiger charge is 2.15. The first kappa shape index (κ1) is 12.7. The maximum absolute atomic E-state index is 6.22. The summed E-state index contributed by atoms with van der Waals surface area (Å²) in [6.45, 7) is 2.15. The van der Waals surface area contributed by atoms with Crippen molar-refractivity contribution in [2.24, 2.45) is 5.73 Å². The quantitative estimate of drug-likeness (QED) is 0.874. The fraction of sp³-hybridized carbons (Fsp3) is 0.500. The van der Waals surface area contributed by atoms with Crippen molar-refractivity contribution >= 4 is 22.9 Å². The average Bonchev–Trinajstić information content (AvgIpc) is 2.97. The van der Waals surface area contributed by atoms with Crippen LogP contribution >= 0.6 is 22.9 Å². The minimum absolute atomic E-state index is 0.0821. The van der Waals surface area contributed by atoms with Gasteiger partial charge < -0.3 is 5.73 Å². The van der Waals surface area contributed by atoms with E-state index in [4.69, 9.17) is 5.73 Å². The number of rotatable bonds is 6. The molecule has 92 valence electrons. The Morgan fingerprint density at radius 2 is 2.29 bits per heavy atom. The average molecular weight is 267 g/mol. The summed E-state index contributed by atoms with van der Waals surface area (Å²) in [5, 5.41) is 6.27. The molecule has 0 bridgehead atoms. The molecule has 2 N–H and O–H groups in total. The highest BCUT2D eigenvalue weighted by Crippen LogP contribution is 2.24. The Morgan fingerprint density at radius 1 is 1.41 bits per heavy atom. The molecule has 0 fully saturated rings. The minimum Gasteiger partial charge on any atom is -0.323 e. The zero-order valence-corrected chi connectivity index (χ0v) is 11.6. The molecule has 0 aliphatic rings. The molecule has 0 amide bonds. The van der Waals surface area contributed by atoms with Crippen LogP contribution in [-0.4, -0.2) is 9.59 Å². The van der Waals surface area contributed by atoms with Crippen molar-refractivity contribution in [3.63, 3.8) is 0 Å². The van der Waals surface area contributed by atoms with E-state index >= 15 is 0 Å². The fourth-order valence-corrected chi connectivity index (χ4v) is 3.24. The van der Waals surface area contributed by atoms with E-state index in [9.17, 15) is 0 Å². The summed E-state index contributed by atoms with van der Waals surface area (Å²) >= 11 is 3.25. The van der Waals surface area contributed by atoms with E-state index in [1.54, 1.807) is 11.3 Å². The molecule has 2 aromatic heterocycles. The van der Waals surface area contributed by atoms with E-state index < -0.39 is 0 Å². The number of hydrogen-bond acceptors (Lipinski definition) is 5. The summed E-state index contributed by atoms with van der Waals surface area (Å²) in [7, 11) is 0. The molecule has 0 radical (unpaired) electrons. The Bertz CT molecular complexity index is 436. The Kier molecular flexibility index (Phi) is 4.65. The summed E-state index contributed by atoms with van der Waals surface area (Å²) in [6.07, 6.45) is 4.10. The van der Waals surface area contributed by atoms with E-state index in [2.05, 4.69) is 34.0 Å². The summed E-state index contributed by atoms with van der Waals surface area (Å²) < 4.78 is 4.02. The summed E-state index contributed by atoms with van der Waals surface area (Å²) in [5.74, 6) is 0. The van der Waals surface area contributed by atoms with Gasteiger partial charge in [0.2, 0.25) is 0 Å². The molecule has 0 aliphatic heterocycles. The number of hydrogen-bond donors (Lipinski definition) is 1. The van der Waals surface area contributed by atoms with E-state index in [0.29, 0.717) is 0 Å². The van der Waals surface area contributed by atoms with Gasteiger partial charge in [0.1, 0.15) is 0 Å². The third kappa shape index (κ3) is 3.34. The lowest BCUT2D eigenvalue weighted by Crippen LogP contribution is -2.11. The largest absolute Gasteiger partial charge is 0.323 e. The zero-order valence-electron chi connectivity index (χ0n) is 9.93. The molecule has 2 heterocycles. The van der Waals surface area contributed by atoms with Crippen LogP contribution < -0.4 is 5.73 Å². The first-order valence-corrected chi connectivity index (χ1v) is 7.55. The third-order valence-electron chi connectivity index (χ3n) is 2.69. The van der Waals surface area contributed by atoms with Crippen molar-refractivity contribution in [2.45, 2.75) is 38.6 Å². The molecule has 1 unspecified atom stereocenters. The van der Waals surface area contributed by atoms with Crippen LogP contribution in [0.3, 0.4) is 0 Å². The SMILES string of the molecule is CCCc1nnsc1C(N)CCc1cccs1. The van der Waals surface area contributed by atoms with Crippen molar-refractivity contribution < 1.29 is 0 Å². The lowest BCUT2D eigenvalue weighted by atomic mass is 10.1. The van der Waals surface area contributed by atoms with Gasteiger partial charge in [-0.15, -0.1) is 16.4 Å². The van der Waals surface area contributed by atoms with Crippen molar-refractivity contribution in [2.75, 3.05) is 0 Å². The van der Waals surface area contributed by atoms with Gasteiger partial charge in [-0.1, -0.05) is 23.9 Å². The molecule has 0 spiro atoms. The topological polar surface area (TPSA) is 51.8 Å². The maximum Gasteiger partial charge on any atom is 0.0803 e. The molecule has 5 heteroatoms. The van der Waals surface area contributed by atoms with Gasteiger partial charge in [-0.05, 0) is 42.2 Å². The molecule has 2 rings (SSSR count). The van der Waals surface area contributed by atoms with Gasteiger partial charge in [0, 0.05) is 10.9 Å². The lowest BCUT2D eigenvalue weighted by Gasteiger charge is -2.09. The first-order chi connectivity index (χ1) is 8.31. The molecular formula is C12H17N3S2. The van der Waals surface area contributed by atoms with Crippen molar-refractivity contribution in [1.82, 2.24) is 9.59 Å². The minimum atomic E-state index is 0.0821. The van der Waals surface area contributed by atoms with Gasteiger partial charge in [-0.2, -0.15) is 0 Å². The van der Waals surface area contributed by atoms with E-state index in [1.165, 1.54) is 21.3 Å². The van der Waals surface area contributed by atoms with Crippen LogP contribution in [0.4, 0.5) is 0 Å². The van der Waals surface area contributed by atoms with Gasteiger partial charge in [-0.25, -0.2) is 0 Å². The molecule has 2 aromatic rings. The number of aromatic nitrogens is 2. The summed E-state index contributed by atoms with van der Waals surface area (Å²) in [4.78, 5) is 2.57. The molecule has 0 saturated carbocycles. The normalized spacial score (nSPS) is 12.8. The Labute approximate surface area is 110 Å². The standard InChI is InChI=1S/C12H17N3S2/c1-2-4-11-12(17-15-14-11)10(13)7-6-9-5-3-8-16-9/h3,5,8,10H,2,4,6-7,13H2,1H3. The maximum atomic E-state index is 6.22. The molecular weight excluding hydrogens is 250 g/mol. The zero-order chi connectivity index (χ0) is 12.1. The Balaban J connectivity index is 1.94. The van der Waals surface area contributed by atoms with Gasteiger partial charge >= 0.3 is 0 Å². The predicted octanol–water partition coefficient (Wildman–Crippen LogP) is 3.18. The van der Waals surface area contributed by atoms with Gasteiger partial charge in [0.15, 0.2) is 0 Å². The Morgan fingerprint density at radius 3 is 3.00 bits per heavy atom. The van der Waals surface area contributed by atoms with Crippen LogP contribution in [0.15, 0.2) is 17.5 Å². The summed E-state index contributed by atoms with van der Waals surface area (Å²) in [6, 6.07) is 4.33. The highest BCUT2D eigenvalue weighted by atomic mass is 32.1. The van der Waals surface area contributed by atoms with E-state index in [1.807, 2.05) is 0 Å². The lowest BCUT2D eigenvalue weighted by molar-refractivity contribution is 0.654. The van der Waals surface area contributed by atoms with Crippen LogP contribution in [0.2, 0.25) is 0 Å². The molecule has 0 aliphatic carbocycles. The monoisotopic (exact) mass is 267 g/mol. The first-order valence-electron chi connectivity index (χ1n) is 5.90. The Hall–Kier alpha value is -0.780. The number of nitrogens with two attached hydrogens (primary N) is 1. The fourth-order valence-electron chi connectivity index (χ4n) is 1.79. The second-order valence-electron chi connectivity index (χ2n) is 4.06. The van der Waals surface area contributed by atoms with Crippen LogP contribution in [0.5, 0.6) is 0 Å². The number of aryl methyl sites for hydroxylation is 2. The van der Waals surface area contributed by atoms with Gasteiger partial charge in [-0.3, -0.25) is 0 Å². The molecule has 0 aromatic carbocycles. The van der Waals surface area contributed by atoms with Crippen LogP contribution in [-0.2, 0) is 12.8 Å². The van der Waals surface area contributed by atoms with E-state index in [0.717, 1.165) is 31.4 Å². The molecule has 3 nitrogen and oxygen atoms in total. The molecule has 1 atom stereocenters. The molecule has 17 heavy (non-hydrogen) atoms. The van der Waals surface area contributed by atoms with Crippen LogP contribution in [0.1, 0.15) is 41.3 Å². The van der Waals surface area contributed by atoms with Gasteiger partial charge in [0.05, 0.1) is 10.6 Å². The van der Waals surface area contributed by atoms with Crippen molar-refractivity contribution in [1.29, 1.82) is 0 Å². The number of nitrogens with zero attached hydrogens (tertiary/aromatic N) is 2. The van der Waals surface area contributed by atoms with Gasteiger partial charge in [0.25, 0.3) is 0 Å². The second kappa shape index (κ2) is 6.23. The smallest absolute Gasteiger partial charge is 0.0803 e. The van der Waals surface area contributed by atoms with Crippen molar-refractivity contribution in [3.05, 3.63) is 33.0 Å².